The minimum atomic E-state index is 0.348. The van der Waals surface area contributed by atoms with Crippen LogP contribution in [0.25, 0.3) is 11.0 Å². The van der Waals surface area contributed by atoms with Crippen molar-refractivity contribution in [1.29, 1.82) is 0 Å². The summed E-state index contributed by atoms with van der Waals surface area (Å²) in [6.45, 7) is 2.98. The first kappa shape index (κ1) is 16.1. The van der Waals surface area contributed by atoms with Gasteiger partial charge in [-0.3, -0.25) is 4.90 Å². The average molecular weight is 334 g/mol. The van der Waals surface area contributed by atoms with Gasteiger partial charge in [0.25, 0.3) is 0 Å². The molecule has 1 aliphatic heterocycles. The molecule has 1 aliphatic rings. The third-order valence-electron chi connectivity index (χ3n) is 4.86. The molecule has 0 saturated carbocycles. The fraction of sp³-hybridized carbons (Fsp3) is 0.333. The van der Waals surface area contributed by atoms with Crippen LogP contribution in [0.1, 0.15) is 18.4 Å². The molecule has 1 aromatic carbocycles. The van der Waals surface area contributed by atoms with Crippen LogP contribution in [0.2, 0.25) is 0 Å². The molecule has 0 aliphatic carbocycles. The lowest BCUT2D eigenvalue weighted by atomic mass is 9.96. The monoisotopic (exact) mass is 334 g/mol. The van der Waals surface area contributed by atoms with Gasteiger partial charge in [-0.05, 0) is 43.6 Å². The minimum Gasteiger partial charge on any atom is -0.346 e. The lowest BCUT2D eigenvalue weighted by molar-refractivity contribution is 0.206. The highest BCUT2D eigenvalue weighted by atomic mass is 15.1. The van der Waals surface area contributed by atoms with Crippen molar-refractivity contribution < 1.29 is 0 Å². The number of piperidine rings is 1. The Morgan fingerprint density at radius 3 is 2.92 bits per heavy atom. The van der Waals surface area contributed by atoms with Gasteiger partial charge in [-0.25, -0.2) is 9.97 Å². The number of aromatic amines is 1. The number of likely N-dealkylation sites (tertiary alicyclic amines) is 1. The van der Waals surface area contributed by atoms with E-state index in [9.17, 15) is 0 Å². The van der Waals surface area contributed by atoms with E-state index in [0.29, 0.717) is 6.04 Å². The van der Waals surface area contributed by atoms with Gasteiger partial charge in [0.15, 0.2) is 0 Å². The van der Waals surface area contributed by atoms with E-state index in [1.165, 1.54) is 11.0 Å². The van der Waals surface area contributed by atoms with Gasteiger partial charge >= 0.3 is 0 Å². The van der Waals surface area contributed by atoms with Gasteiger partial charge in [0, 0.05) is 24.5 Å². The number of fused-ring (bicyclic) bond motifs is 1. The zero-order chi connectivity index (χ0) is 17.2. The summed E-state index contributed by atoms with van der Waals surface area (Å²) in [5, 5.41) is 4.52. The second-order valence-electron chi connectivity index (χ2n) is 6.87. The first-order valence-corrected chi connectivity index (χ1v) is 8.81. The Labute approximate surface area is 148 Å². The molecule has 25 heavy (non-hydrogen) atoms. The highest BCUT2D eigenvalue weighted by Gasteiger charge is 2.19. The van der Waals surface area contributed by atoms with Crippen LogP contribution in [0.5, 0.6) is 0 Å². The maximum atomic E-state index is 6.02. The van der Waals surface area contributed by atoms with Crippen molar-refractivity contribution in [3.05, 3.63) is 42.4 Å². The van der Waals surface area contributed by atoms with Gasteiger partial charge in [0.1, 0.15) is 25.6 Å². The summed E-state index contributed by atoms with van der Waals surface area (Å²) in [4.78, 5) is 14.6. The maximum absolute atomic E-state index is 6.02. The highest BCUT2D eigenvalue weighted by molar-refractivity contribution is 6.32. The number of hydrogen-bond donors (Lipinski definition) is 3. The molecule has 1 fully saturated rings. The number of aromatic nitrogens is 3. The zero-order valence-electron chi connectivity index (χ0n) is 14.5. The molecule has 0 atom stereocenters. The quantitative estimate of drug-likeness (QED) is 0.617. The molecular formula is C18H23BN6. The molecule has 0 unspecified atom stereocenters. The molecule has 4 N–H and O–H groups in total. The predicted octanol–water partition coefficient (Wildman–Crippen LogP) is 0.883. The van der Waals surface area contributed by atoms with Crippen LogP contribution in [-0.2, 0) is 6.54 Å². The van der Waals surface area contributed by atoms with Crippen LogP contribution in [-0.4, -0.2) is 46.8 Å². The molecule has 0 radical (unpaired) electrons. The van der Waals surface area contributed by atoms with Crippen LogP contribution in [0.4, 0.5) is 11.5 Å². The first-order valence-electron chi connectivity index (χ1n) is 8.81. The molecule has 2 aromatic heterocycles. The molecule has 0 bridgehead atoms. The standard InChI is InChI=1S/C18H23BN6/c19-13-2-1-3-15(8-13)24-18-16-12(9-21-17(16)22-11-23-18)10-25-6-4-14(20)5-7-25/h1-3,8-9,11,14H,4-7,10,19-20H2,(H2,21,22,23,24). The van der Waals surface area contributed by atoms with Gasteiger partial charge < -0.3 is 16.0 Å². The van der Waals surface area contributed by atoms with Gasteiger partial charge in [0.2, 0.25) is 0 Å². The Hall–Kier alpha value is -2.38. The van der Waals surface area contributed by atoms with Crippen LogP contribution in [0.3, 0.4) is 0 Å². The van der Waals surface area contributed by atoms with E-state index in [1.54, 1.807) is 6.33 Å². The number of rotatable bonds is 4. The van der Waals surface area contributed by atoms with Crippen molar-refractivity contribution >= 4 is 35.8 Å². The number of nitrogens with one attached hydrogen (secondary N) is 2. The fourth-order valence-electron chi connectivity index (χ4n) is 3.46. The number of anilines is 2. The number of H-pyrrole nitrogens is 1. The smallest absolute Gasteiger partial charge is 0.143 e. The SMILES string of the molecule is Bc1cccc(Nc2ncnc3[nH]cc(CN4CCC(N)CC4)c23)c1. The summed E-state index contributed by atoms with van der Waals surface area (Å²) in [6, 6.07) is 8.65. The summed E-state index contributed by atoms with van der Waals surface area (Å²) >= 11 is 0. The van der Waals surface area contributed by atoms with Crippen molar-refractivity contribution in [1.82, 2.24) is 19.9 Å². The first-order chi connectivity index (χ1) is 12.2. The molecule has 1 saturated heterocycles. The Morgan fingerprint density at radius 2 is 2.12 bits per heavy atom. The van der Waals surface area contributed by atoms with Crippen LogP contribution in [0, 0.1) is 0 Å². The largest absolute Gasteiger partial charge is 0.346 e. The van der Waals surface area contributed by atoms with E-state index in [0.717, 1.165) is 55.0 Å². The topological polar surface area (TPSA) is 82.9 Å². The molecule has 7 heteroatoms. The van der Waals surface area contributed by atoms with Crippen LogP contribution in [0.15, 0.2) is 36.8 Å². The molecule has 4 rings (SSSR count). The number of hydrogen-bond acceptors (Lipinski definition) is 5. The van der Waals surface area contributed by atoms with Crippen molar-refractivity contribution in [3.8, 4) is 0 Å². The predicted molar refractivity (Wildman–Crippen MR) is 104 cm³/mol. The normalized spacial score (nSPS) is 16.4. The summed E-state index contributed by atoms with van der Waals surface area (Å²) in [7, 11) is 2.09. The number of benzene rings is 1. The van der Waals surface area contributed by atoms with E-state index < -0.39 is 0 Å². The van der Waals surface area contributed by atoms with Gasteiger partial charge in [-0.15, -0.1) is 0 Å². The third-order valence-corrected chi connectivity index (χ3v) is 4.86. The van der Waals surface area contributed by atoms with E-state index in [2.05, 4.69) is 57.4 Å². The molecule has 0 spiro atoms. The van der Waals surface area contributed by atoms with Crippen molar-refractivity contribution in [2.45, 2.75) is 25.4 Å². The second-order valence-corrected chi connectivity index (χ2v) is 6.87. The van der Waals surface area contributed by atoms with E-state index in [1.807, 2.05) is 6.07 Å². The van der Waals surface area contributed by atoms with E-state index in [-0.39, 0.29) is 0 Å². The molecule has 3 aromatic rings. The molecular weight excluding hydrogens is 311 g/mol. The van der Waals surface area contributed by atoms with Gasteiger partial charge in [-0.2, -0.15) is 0 Å². The van der Waals surface area contributed by atoms with Crippen LogP contribution >= 0.6 is 0 Å². The van der Waals surface area contributed by atoms with E-state index >= 15 is 0 Å². The summed E-state index contributed by atoms with van der Waals surface area (Å²) < 4.78 is 0. The number of nitrogens with zero attached hydrogens (tertiary/aromatic N) is 3. The summed E-state index contributed by atoms with van der Waals surface area (Å²) in [5.74, 6) is 0.848. The van der Waals surface area contributed by atoms with E-state index in [4.69, 9.17) is 5.73 Å². The zero-order valence-corrected chi connectivity index (χ0v) is 14.5. The second kappa shape index (κ2) is 6.86. The highest BCUT2D eigenvalue weighted by Crippen LogP contribution is 2.27. The Kier molecular flexibility index (Phi) is 4.42. The summed E-state index contributed by atoms with van der Waals surface area (Å²) in [6.07, 6.45) is 5.77. The maximum Gasteiger partial charge on any atom is 0.143 e. The van der Waals surface area contributed by atoms with Crippen molar-refractivity contribution in [3.63, 3.8) is 0 Å². The molecule has 128 valence electrons. The average Bonchev–Trinajstić information content (AvgIpc) is 3.01. The number of nitrogens with two attached hydrogens (primary N) is 1. The van der Waals surface area contributed by atoms with Crippen LogP contribution < -0.4 is 16.5 Å². The lowest BCUT2D eigenvalue weighted by Crippen LogP contribution is -2.39. The Balaban J connectivity index is 1.62. The lowest BCUT2D eigenvalue weighted by Gasteiger charge is -2.29. The Morgan fingerprint density at radius 1 is 1.28 bits per heavy atom. The third kappa shape index (κ3) is 3.52. The minimum absolute atomic E-state index is 0.348. The molecule has 6 nitrogen and oxygen atoms in total. The van der Waals surface area contributed by atoms with Crippen molar-refractivity contribution in [2.24, 2.45) is 5.73 Å². The fourth-order valence-corrected chi connectivity index (χ4v) is 3.46. The van der Waals surface area contributed by atoms with Crippen molar-refractivity contribution in [2.75, 3.05) is 18.4 Å². The Bertz CT molecular complexity index is 869. The van der Waals surface area contributed by atoms with Gasteiger partial charge in [-0.1, -0.05) is 17.6 Å². The molecule has 0 amide bonds. The summed E-state index contributed by atoms with van der Waals surface area (Å²) in [5.41, 5.74) is 10.4. The van der Waals surface area contributed by atoms with Gasteiger partial charge in [0.05, 0.1) is 5.39 Å². The molecule has 3 heterocycles.